The number of unbranched alkanes of at least 4 members (excludes halogenated alkanes) is 1. The molecule has 4 heteroatoms. The molecule has 1 saturated heterocycles. The number of esters is 1. The number of fused-ring (bicyclic) bond motifs is 2. The summed E-state index contributed by atoms with van der Waals surface area (Å²) in [7, 11) is 1.42. The van der Waals surface area contributed by atoms with Crippen molar-refractivity contribution in [1.29, 1.82) is 0 Å². The molecular formula is C16H26O4. The Hall–Kier alpha value is -0.870. The summed E-state index contributed by atoms with van der Waals surface area (Å²) in [6.07, 6.45) is 8.91. The highest BCUT2D eigenvalue weighted by atomic mass is 16.5. The maximum atomic E-state index is 11.0. The van der Waals surface area contributed by atoms with E-state index in [-0.39, 0.29) is 30.0 Å². The molecule has 20 heavy (non-hydrogen) atoms. The Balaban J connectivity index is 1.74. The van der Waals surface area contributed by atoms with Crippen molar-refractivity contribution in [2.75, 3.05) is 20.3 Å². The summed E-state index contributed by atoms with van der Waals surface area (Å²) in [6.45, 7) is 3.33. The van der Waals surface area contributed by atoms with Gasteiger partial charge in [-0.1, -0.05) is 19.1 Å². The fourth-order valence-electron chi connectivity index (χ4n) is 3.72. The van der Waals surface area contributed by atoms with Crippen molar-refractivity contribution >= 4 is 5.97 Å². The summed E-state index contributed by atoms with van der Waals surface area (Å²) in [5, 5.41) is 9.55. The molecular weight excluding hydrogens is 256 g/mol. The number of aliphatic hydroxyl groups excluding tert-OH is 1. The molecule has 1 aliphatic carbocycles. The molecule has 0 unspecified atom stereocenters. The van der Waals surface area contributed by atoms with Crippen molar-refractivity contribution in [3.05, 3.63) is 12.2 Å². The Morgan fingerprint density at radius 3 is 3.00 bits per heavy atom. The Kier molecular flexibility index (Phi) is 5.22. The van der Waals surface area contributed by atoms with Crippen molar-refractivity contribution in [3.63, 3.8) is 0 Å². The second-order valence-corrected chi connectivity index (χ2v) is 6.34. The maximum absolute atomic E-state index is 11.0. The smallest absolute Gasteiger partial charge is 0.305 e. The van der Waals surface area contributed by atoms with Gasteiger partial charge in [0.1, 0.15) is 0 Å². The lowest BCUT2D eigenvalue weighted by molar-refractivity contribution is -0.140. The molecule has 0 aromatic carbocycles. The maximum Gasteiger partial charge on any atom is 0.305 e. The van der Waals surface area contributed by atoms with E-state index in [1.54, 1.807) is 0 Å². The SMILES string of the molecule is COC(=O)CCC/C=C\C[C@@H]1[C@@H](CO)[C@H]2C[C@]1(C)CO2. The van der Waals surface area contributed by atoms with Crippen LogP contribution in [0.2, 0.25) is 0 Å². The summed E-state index contributed by atoms with van der Waals surface area (Å²) in [5.41, 5.74) is 0.231. The minimum absolute atomic E-state index is 0.142. The topological polar surface area (TPSA) is 55.8 Å². The van der Waals surface area contributed by atoms with Crippen LogP contribution in [0.3, 0.4) is 0 Å². The molecule has 0 radical (unpaired) electrons. The predicted molar refractivity (Wildman–Crippen MR) is 76.2 cm³/mol. The van der Waals surface area contributed by atoms with E-state index in [0.29, 0.717) is 12.3 Å². The highest BCUT2D eigenvalue weighted by Gasteiger charge is 2.55. The van der Waals surface area contributed by atoms with Crippen LogP contribution in [-0.4, -0.2) is 37.5 Å². The van der Waals surface area contributed by atoms with Crippen LogP contribution >= 0.6 is 0 Å². The average molecular weight is 282 g/mol. The van der Waals surface area contributed by atoms with E-state index in [4.69, 9.17) is 4.74 Å². The van der Waals surface area contributed by atoms with Crippen molar-refractivity contribution in [3.8, 4) is 0 Å². The molecule has 2 rings (SSSR count). The van der Waals surface area contributed by atoms with Gasteiger partial charge in [0.25, 0.3) is 0 Å². The van der Waals surface area contributed by atoms with Crippen molar-refractivity contribution in [2.24, 2.45) is 17.3 Å². The van der Waals surface area contributed by atoms with Crippen LogP contribution in [0.25, 0.3) is 0 Å². The number of rotatable bonds is 7. The van der Waals surface area contributed by atoms with Gasteiger partial charge < -0.3 is 14.6 Å². The number of methoxy groups -OCH3 is 1. The lowest BCUT2D eigenvalue weighted by Crippen LogP contribution is -2.36. The average Bonchev–Trinajstić information content (AvgIpc) is 2.95. The van der Waals surface area contributed by atoms with Gasteiger partial charge in [-0.05, 0) is 37.0 Å². The van der Waals surface area contributed by atoms with Gasteiger partial charge in [-0.2, -0.15) is 0 Å². The molecule has 1 heterocycles. The van der Waals surface area contributed by atoms with Crippen LogP contribution in [0.5, 0.6) is 0 Å². The molecule has 2 aliphatic rings. The highest BCUT2D eigenvalue weighted by Crippen LogP contribution is 2.54. The molecule has 0 aromatic heterocycles. The molecule has 1 N–H and O–H groups in total. The van der Waals surface area contributed by atoms with Gasteiger partial charge in [0.05, 0.1) is 19.8 Å². The van der Waals surface area contributed by atoms with Crippen LogP contribution < -0.4 is 0 Å². The third-order valence-corrected chi connectivity index (χ3v) is 4.93. The van der Waals surface area contributed by atoms with Crippen LogP contribution in [0.1, 0.15) is 39.0 Å². The standard InChI is InChI=1S/C16H26O4/c1-16-9-14(20-11-16)12(10-17)13(16)7-5-3-4-6-8-15(18)19-2/h3,5,12-14,17H,4,6-11H2,1-2H3/b5-3-/t12-,13-,14-,16-/m1/s1. The van der Waals surface area contributed by atoms with E-state index in [9.17, 15) is 9.90 Å². The second-order valence-electron chi connectivity index (χ2n) is 6.34. The Morgan fingerprint density at radius 2 is 2.30 bits per heavy atom. The van der Waals surface area contributed by atoms with E-state index in [1.807, 2.05) is 0 Å². The number of allylic oxidation sites excluding steroid dienone is 2. The number of hydrogen-bond donors (Lipinski definition) is 1. The van der Waals surface area contributed by atoms with E-state index < -0.39 is 0 Å². The summed E-state index contributed by atoms with van der Waals surface area (Å²) < 4.78 is 10.3. The molecule has 1 aliphatic heterocycles. The zero-order valence-electron chi connectivity index (χ0n) is 12.5. The zero-order valence-corrected chi connectivity index (χ0v) is 12.5. The third-order valence-electron chi connectivity index (χ3n) is 4.93. The molecule has 0 aromatic rings. The fraction of sp³-hybridized carbons (Fsp3) is 0.812. The minimum Gasteiger partial charge on any atom is -0.469 e. The van der Waals surface area contributed by atoms with Gasteiger partial charge in [-0.25, -0.2) is 0 Å². The number of carbonyl (C=O) groups is 1. The third kappa shape index (κ3) is 3.23. The van der Waals surface area contributed by atoms with Crippen LogP contribution in [0.15, 0.2) is 12.2 Å². The van der Waals surface area contributed by atoms with Crippen molar-refractivity contribution in [1.82, 2.24) is 0 Å². The Bertz CT molecular complexity index is 365. The highest BCUT2D eigenvalue weighted by molar-refractivity contribution is 5.68. The normalized spacial score (nSPS) is 35.9. The molecule has 114 valence electrons. The van der Waals surface area contributed by atoms with E-state index >= 15 is 0 Å². The van der Waals surface area contributed by atoms with Gasteiger partial charge in [-0.3, -0.25) is 4.79 Å². The van der Waals surface area contributed by atoms with Gasteiger partial charge >= 0.3 is 5.97 Å². The summed E-state index contributed by atoms with van der Waals surface area (Å²) in [4.78, 5) is 11.0. The Morgan fingerprint density at radius 1 is 1.50 bits per heavy atom. The van der Waals surface area contributed by atoms with Gasteiger partial charge in [0, 0.05) is 18.9 Å². The molecule has 2 bridgehead atoms. The zero-order chi connectivity index (χ0) is 14.6. The van der Waals surface area contributed by atoms with E-state index in [1.165, 1.54) is 7.11 Å². The number of carbonyl (C=O) groups excluding carboxylic acids is 1. The molecule has 4 atom stereocenters. The monoisotopic (exact) mass is 282 g/mol. The lowest BCUT2D eigenvalue weighted by Gasteiger charge is -2.35. The van der Waals surface area contributed by atoms with Gasteiger partial charge in [0.2, 0.25) is 0 Å². The first-order valence-corrected chi connectivity index (χ1v) is 7.55. The van der Waals surface area contributed by atoms with Gasteiger partial charge in [0.15, 0.2) is 0 Å². The minimum atomic E-state index is -0.142. The largest absolute Gasteiger partial charge is 0.469 e. The Labute approximate surface area is 121 Å². The van der Waals surface area contributed by atoms with E-state index in [2.05, 4.69) is 23.8 Å². The quantitative estimate of drug-likeness (QED) is 0.442. The lowest BCUT2D eigenvalue weighted by atomic mass is 9.75. The number of hydrogen-bond acceptors (Lipinski definition) is 4. The van der Waals surface area contributed by atoms with Gasteiger partial charge in [-0.15, -0.1) is 0 Å². The van der Waals surface area contributed by atoms with Crippen molar-refractivity contribution < 1.29 is 19.4 Å². The van der Waals surface area contributed by atoms with Crippen LogP contribution in [0.4, 0.5) is 0 Å². The summed E-state index contributed by atoms with van der Waals surface area (Å²) in [5.74, 6) is 0.660. The molecule has 0 amide bonds. The summed E-state index contributed by atoms with van der Waals surface area (Å²) in [6, 6.07) is 0. The first-order valence-electron chi connectivity index (χ1n) is 7.55. The number of ether oxygens (including phenoxy) is 2. The van der Waals surface area contributed by atoms with Crippen LogP contribution in [-0.2, 0) is 14.3 Å². The molecule has 2 fully saturated rings. The second kappa shape index (κ2) is 6.72. The first-order chi connectivity index (χ1) is 9.60. The van der Waals surface area contributed by atoms with Crippen molar-refractivity contribution in [2.45, 2.75) is 45.1 Å². The van der Waals surface area contributed by atoms with Crippen LogP contribution in [0, 0.1) is 17.3 Å². The molecule has 4 nitrogen and oxygen atoms in total. The predicted octanol–water partition coefficient (Wildman–Crippen LogP) is 2.31. The molecule has 0 spiro atoms. The summed E-state index contributed by atoms with van der Waals surface area (Å²) >= 11 is 0. The first kappa shape index (κ1) is 15.5. The number of aliphatic hydroxyl groups is 1. The molecule has 1 saturated carbocycles. The fourth-order valence-corrected chi connectivity index (χ4v) is 3.72. The van der Waals surface area contributed by atoms with E-state index in [0.717, 1.165) is 32.3 Å².